The summed E-state index contributed by atoms with van der Waals surface area (Å²) in [7, 11) is 4.18. The van der Waals surface area contributed by atoms with Crippen molar-refractivity contribution in [2.24, 2.45) is 0 Å². The van der Waals surface area contributed by atoms with Gasteiger partial charge < -0.3 is 20.2 Å². The summed E-state index contributed by atoms with van der Waals surface area (Å²) in [6.45, 7) is 7.63. The third-order valence-corrected chi connectivity index (χ3v) is 7.80. The van der Waals surface area contributed by atoms with Gasteiger partial charge in [-0.3, -0.25) is 0 Å². The second kappa shape index (κ2) is 7.87. The number of piperidine rings is 1. The fraction of sp³-hybridized carbons (Fsp3) is 0.481. The van der Waals surface area contributed by atoms with Gasteiger partial charge in [-0.25, -0.2) is 0 Å². The molecule has 2 bridgehead atoms. The minimum Gasteiger partial charge on any atom is -0.507 e. The van der Waals surface area contributed by atoms with Gasteiger partial charge in [0.15, 0.2) is 5.82 Å². The Labute approximate surface area is 197 Å². The highest BCUT2D eigenvalue weighted by atomic mass is 16.3. The summed E-state index contributed by atoms with van der Waals surface area (Å²) in [5, 5.41) is 23.7. The molecule has 1 aromatic carbocycles. The number of anilines is 1. The number of aromatic hydroxyl groups is 1. The topological polar surface area (TPSA) is 64.5 Å². The molecule has 2 saturated heterocycles. The average Bonchev–Trinajstić information content (AvgIpc) is 3.02. The van der Waals surface area contributed by atoms with Crippen LogP contribution >= 0.6 is 0 Å². The minimum absolute atomic E-state index is 0.211. The quantitative estimate of drug-likeness (QED) is 0.723. The number of fused-ring (bicyclic) bond motifs is 2. The third-order valence-electron chi connectivity index (χ3n) is 7.80. The van der Waals surface area contributed by atoms with Gasteiger partial charge >= 0.3 is 0 Å². The number of phenols is 1. The summed E-state index contributed by atoms with van der Waals surface area (Å²) < 4.78 is 0. The number of rotatable bonds is 4. The number of phenolic OH excluding ortho intramolecular Hbond substituents is 1. The van der Waals surface area contributed by atoms with Crippen molar-refractivity contribution in [2.45, 2.75) is 63.6 Å². The van der Waals surface area contributed by atoms with Gasteiger partial charge in [-0.15, -0.1) is 10.2 Å². The number of likely N-dealkylation sites (N-methyl/N-ethyl adjacent to an activating group) is 1. The first-order valence-electron chi connectivity index (χ1n) is 11.9. The Bertz CT molecular complexity index is 1110. The summed E-state index contributed by atoms with van der Waals surface area (Å²) >= 11 is 0. The Morgan fingerprint density at radius 3 is 2.42 bits per heavy atom. The largest absolute Gasteiger partial charge is 0.507 e. The number of allylic oxidation sites excluding steroid dienone is 2. The van der Waals surface area contributed by atoms with Gasteiger partial charge in [0.25, 0.3) is 0 Å². The van der Waals surface area contributed by atoms with Crippen LogP contribution in [-0.2, 0) is 0 Å². The van der Waals surface area contributed by atoms with Gasteiger partial charge in [0.2, 0.25) is 0 Å². The molecule has 6 heteroatoms. The number of benzene rings is 1. The molecule has 0 amide bonds. The standard InChI is InChI=1S/C27H35N5O/c1-18-14-22(24(33)15-21(18)19-8-12-31(4)13-9-19)23-6-7-25(29-28-23)32(5)20-16-26(2)10-11-27(3,17-20)30-26/h6-9,12,14-15,20,30,33H,10-11,13,16-17H2,1-5H3/t20-,26+,27-. The molecule has 2 N–H and O–H groups in total. The van der Waals surface area contributed by atoms with Gasteiger partial charge in [-0.2, -0.15) is 0 Å². The van der Waals surface area contributed by atoms with Crippen molar-refractivity contribution in [1.29, 1.82) is 0 Å². The highest BCUT2D eigenvalue weighted by molar-refractivity contribution is 5.81. The third kappa shape index (κ3) is 4.12. The second-order valence-corrected chi connectivity index (χ2v) is 10.8. The number of hydrogen-bond acceptors (Lipinski definition) is 6. The lowest BCUT2D eigenvalue weighted by molar-refractivity contribution is 0.207. The van der Waals surface area contributed by atoms with E-state index in [9.17, 15) is 5.11 Å². The Balaban J connectivity index is 1.36. The Morgan fingerprint density at radius 2 is 1.82 bits per heavy atom. The van der Waals surface area contributed by atoms with Gasteiger partial charge in [0.1, 0.15) is 5.75 Å². The molecule has 2 fully saturated rings. The molecule has 33 heavy (non-hydrogen) atoms. The first-order valence-corrected chi connectivity index (χ1v) is 11.9. The molecule has 3 aliphatic heterocycles. The van der Waals surface area contributed by atoms with Crippen LogP contribution in [0.2, 0.25) is 0 Å². The maximum atomic E-state index is 10.8. The van der Waals surface area contributed by atoms with Crippen LogP contribution in [0.4, 0.5) is 5.82 Å². The van der Waals surface area contributed by atoms with Crippen molar-refractivity contribution in [3.8, 4) is 17.0 Å². The highest BCUT2D eigenvalue weighted by Crippen LogP contribution is 2.44. The van der Waals surface area contributed by atoms with E-state index in [1.54, 1.807) is 0 Å². The van der Waals surface area contributed by atoms with Crippen LogP contribution in [0.25, 0.3) is 16.8 Å². The predicted octanol–water partition coefficient (Wildman–Crippen LogP) is 4.50. The summed E-state index contributed by atoms with van der Waals surface area (Å²) in [6.07, 6.45) is 11.0. The van der Waals surface area contributed by atoms with Crippen molar-refractivity contribution >= 4 is 11.4 Å². The SMILES string of the molecule is Cc1cc(-c2ccc(N(C)[C@@H]3C[C@]4(C)CC[C@](C)(C3)N4)nn2)c(O)cc1C1=CCN(C)C=C1. The first kappa shape index (κ1) is 22.0. The lowest BCUT2D eigenvalue weighted by Crippen LogP contribution is -2.58. The molecule has 0 radical (unpaired) electrons. The summed E-state index contributed by atoms with van der Waals surface area (Å²) in [6, 6.07) is 8.30. The zero-order valence-electron chi connectivity index (χ0n) is 20.4. The normalized spacial score (nSPS) is 28.7. The van der Waals surface area contributed by atoms with Crippen LogP contribution in [0.3, 0.4) is 0 Å². The van der Waals surface area contributed by atoms with E-state index in [0.717, 1.165) is 47.5 Å². The van der Waals surface area contributed by atoms with E-state index >= 15 is 0 Å². The average molecular weight is 446 g/mol. The summed E-state index contributed by atoms with van der Waals surface area (Å²) in [5.74, 6) is 1.11. The monoisotopic (exact) mass is 445 g/mol. The van der Waals surface area contributed by atoms with E-state index in [1.807, 2.05) is 31.3 Å². The Kier molecular flexibility index (Phi) is 5.24. The van der Waals surface area contributed by atoms with Crippen LogP contribution in [0.5, 0.6) is 5.75 Å². The van der Waals surface area contributed by atoms with E-state index in [0.29, 0.717) is 11.7 Å². The maximum Gasteiger partial charge on any atom is 0.151 e. The number of nitrogens with zero attached hydrogens (tertiary/aromatic N) is 4. The predicted molar refractivity (Wildman–Crippen MR) is 134 cm³/mol. The van der Waals surface area contributed by atoms with Gasteiger partial charge in [0, 0.05) is 43.3 Å². The van der Waals surface area contributed by atoms with E-state index in [2.05, 4.69) is 71.5 Å². The smallest absolute Gasteiger partial charge is 0.151 e. The van der Waals surface area contributed by atoms with Crippen LogP contribution in [0.1, 0.15) is 50.7 Å². The summed E-state index contributed by atoms with van der Waals surface area (Å²) in [5.41, 5.74) is 5.12. The zero-order valence-corrected chi connectivity index (χ0v) is 20.4. The molecule has 0 aliphatic carbocycles. The number of hydrogen-bond donors (Lipinski definition) is 2. The van der Waals surface area contributed by atoms with Crippen molar-refractivity contribution in [2.75, 3.05) is 25.5 Å². The molecule has 4 heterocycles. The molecule has 0 unspecified atom stereocenters. The molecular formula is C27H35N5O. The fourth-order valence-corrected chi connectivity index (χ4v) is 5.93. The van der Waals surface area contributed by atoms with Crippen LogP contribution in [0.15, 0.2) is 42.6 Å². The molecule has 0 saturated carbocycles. The fourth-order valence-electron chi connectivity index (χ4n) is 5.93. The molecule has 3 aliphatic rings. The van der Waals surface area contributed by atoms with Gasteiger partial charge in [-0.05, 0) is 99.7 Å². The lowest BCUT2D eigenvalue weighted by Gasteiger charge is -2.45. The maximum absolute atomic E-state index is 10.8. The van der Waals surface area contributed by atoms with E-state index in [4.69, 9.17) is 0 Å². The zero-order chi connectivity index (χ0) is 23.4. The number of aromatic nitrogens is 2. The Hall–Kier alpha value is -2.86. The first-order chi connectivity index (χ1) is 15.6. The van der Waals surface area contributed by atoms with Crippen LogP contribution in [-0.4, -0.2) is 58.0 Å². The Morgan fingerprint density at radius 1 is 1.09 bits per heavy atom. The molecule has 1 aromatic heterocycles. The minimum atomic E-state index is 0.211. The van der Waals surface area contributed by atoms with Gasteiger partial charge in [0.05, 0.1) is 5.69 Å². The molecule has 5 rings (SSSR count). The van der Waals surface area contributed by atoms with E-state index in [-0.39, 0.29) is 16.8 Å². The molecular weight excluding hydrogens is 410 g/mol. The molecule has 2 aromatic rings. The van der Waals surface area contributed by atoms with Crippen molar-refractivity contribution in [3.05, 3.63) is 53.7 Å². The highest BCUT2D eigenvalue weighted by Gasteiger charge is 2.49. The summed E-state index contributed by atoms with van der Waals surface area (Å²) in [4.78, 5) is 4.41. The van der Waals surface area contributed by atoms with Crippen molar-refractivity contribution in [3.63, 3.8) is 0 Å². The molecule has 3 atom stereocenters. The second-order valence-electron chi connectivity index (χ2n) is 10.8. The van der Waals surface area contributed by atoms with E-state index in [1.165, 1.54) is 12.8 Å². The number of nitrogens with one attached hydrogen (secondary N) is 1. The number of aryl methyl sites for hydroxylation is 1. The van der Waals surface area contributed by atoms with Crippen molar-refractivity contribution < 1.29 is 5.11 Å². The molecule has 0 spiro atoms. The van der Waals surface area contributed by atoms with Gasteiger partial charge in [-0.1, -0.05) is 6.08 Å². The van der Waals surface area contributed by atoms with Crippen LogP contribution < -0.4 is 10.2 Å². The van der Waals surface area contributed by atoms with Crippen molar-refractivity contribution in [1.82, 2.24) is 20.4 Å². The van der Waals surface area contributed by atoms with E-state index < -0.39 is 0 Å². The molecule has 174 valence electrons. The van der Waals surface area contributed by atoms with Crippen LogP contribution in [0, 0.1) is 6.92 Å². The lowest BCUT2D eigenvalue weighted by atomic mass is 9.84. The molecule has 6 nitrogen and oxygen atoms in total.